The largest absolute Gasteiger partial charge is 0.478 e. The van der Waals surface area contributed by atoms with Gasteiger partial charge in [0.2, 0.25) is 0 Å². The lowest BCUT2D eigenvalue weighted by molar-refractivity contribution is -0.134. The predicted octanol–water partition coefficient (Wildman–Crippen LogP) is 2.10. The van der Waals surface area contributed by atoms with Crippen molar-refractivity contribution >= 4 is 33.4 Å². The number of aliphatic hydroxyl groups excluding tert-OH is 1. The molecule has 1 aromatic heterocycles. The van der Waals surface area contributed by atoms with Crippen LogP contribution in [0.4, 0.5) is 0 Å². The zero-order valence-electron chi connectivity index (χ0n) is 15.2. The number of benzene rings is 1. The highest BCUT2D eigenvalue weighted by molar-refractivity contribution is 7.17. The number of fused-ring (bicyclic) bond motifs is 1. The molecule has 0 saturated carbocycles. The average Bonchev–Trinajstić information content (AvgIpc) is 3.08. The zero-order chi connectivity index (χ0) is 20.1. The van der Waals surface area contributed by atoms with Crippen molar-refractivity contribution in [1.29, 1.82) is 0 Å². The SMILES string of the molecule is CN(CCO)CCOCCc1ccc2sccc2c1.O=C(O)C=CC(=O)O. The summed E-state index contributed by atoms with van der Waals surface area (Å²) in [5.74, 6) is -2.51. The molecule has 2 aromatic rings. The predicted molar refractivity (Wildman–Crippen MR) is 105 cm³/mol. The van der Waals surface area contributed by atoms with E-state index in [9.17, 15) is 9.59 Å². The van der Waals surface area contributed by atoms with Crippen molar-refractivity contribution in [2.24, 2.45) is 0 Å². The van der Waals surface area contributed by atoms with E-state index in [4.69, 9.17) is 20.1 Å². The van der Waals surface area contributed by atoms with Crippen LogP contribution in [0.5, 0.6) is 0 Å². The molecule has 0 spiro atoms. The molecule has 2 rings (SSSR count). The van der Waals surface area contributed by atoms with Crippen LogP contribution in [0.2, 0.25) is 0 Å². The molecule has 0 unspecified atom stereocenters. The fraction of sp³-hybridized carbons (Fsp3) is 0.368. The van der Waals surface area contributed by atoms with Gasteiger partial charge in [0.05, 0.1) is 19.8 Å². The molecule has 0 atom stereocenters. The van der Waals surface area contributed by atoms with E-state index in [1.54, 1.807) is 11.3 Å². The number of thiophene rings is 1. The second kappa shape index (κ2) is 13.0. The van der Waals surface area contributed by atoms with Crippen LogP contribution in [0, 0.1) is 0 Å². The number of nitrogens with zero attached hydrogens (tertiary/aromatic N) is 1. The van der Waals surface area contributed by atoms with Crippen molar-refractivity contribution in [3.63, 3.8) is 0 Å². The monoisotopic (exact) mass is 395 g/mol. The summed E-state index contributed by atoms with van der Waals surface area (Å²) in [4.78, 5) is 21.2. The van der Waals surface area contributed by atoms with Crippen molar-refractivity contribution < 1.29 is 29.6 Å². The number of carbonyl (C=O) groups is 2. The molecular formula is C19H25NO6S. The lowest BCUT2D eigenvalue weighted by Crippen LogP contribution is -2.26. The summed E-state index contributed by atoms with van der Waals surface area (Å²) >= 11 is 1.78. The molecule has 0 radical (unpaired) electrons. The molecule has 0 fully saturated rings. The summed E-state index contributed by atoms with van der Waals surface area (Å²) in [5.41, 5.74) is 1.33. The minimum atomic E-state index is -1.26. The van der Waals surface area contributed by atoms with Gasteiger partial charge in [-0.1, -0.05) is 12.1 Å². The summed E-state index contributed by atoms with van der Waals surface area (Å²) in [6, 6.07) is 8.77. The van der Waals surface area contributed by atoms with Crippen LogP contribution in [0.1, 0.15) is 5.56 Å². The van der Waals surface area contributed by atoms with E-state index in [1.807, 2.05) is 7.05 Å². The normalized spacial score (nSPS) is 10.9. The second-order valence-corrected chi connectivity index (χ2v) is 6.64. The van der Waals surface area contributed by atoms with Crippen molar-refractivity contribution in [3.05, 3.63) is 47.4 Å². The number of hydrogen-bond donors (Lipinski definition) is 3. The Morgan fingerprint density at radius 1 is 1.11 bits per heavy atom. The number of carboxylic acid groups (broad SMARTS) is 2. The van der Waals surface area contributed by atoms with Crippen LogP contribution in [0.3, 0.4) is 0 Å². The van der Waals surface area contributed by atoms with E-state index < -0.39 is 11.9 Å². The quantitative estimate of drug-likeness (QED) is 0.418. The number of rotatable bonds is 10. The maximum atomic E-state index is 9.55. The summed E-state index contributed by atoms with van der Waals surface area (Å²) in [6.07, 6.45) is 2.07. The van der Waals surface area contributed by atoms with Gasteiger partial charge in [0.25, 0.3) is 0 Å². The van der Waals surface area contributed by atoms with Gasteiger partial charge in [0.1, 0.15) is 0 Å². The van der Waals surface area contributed by atoms with Crippen molar-refractivity contribution in [1.82, 2.24) is 4.90 Å². The van der Waals surface area contributed by atoms with Crippen LogP contribution in [0.25, 0.3) is 10.1 Å². The molecule has 0 aliphatic rings. The first-order valence-electron chi connectivity index (χ1n) is 8.39. The third-order valence-electron chi connectivity index (χ3n) is 3.52. The highest BCUT2D eigenvalue weighted by Crippen LogP contribution is 2.21. The van der Waals surface area contributed by atoms with E-state index in [0.29, 0.717) is 18.7 Å². The minimum absolute atomic E-state index is 0.206. The average molecular weight is 395 g/mol. The number of likely N-dealkylation sites (N-methyl/N-ethyl adjacent to an activating group) is 1. The first-order valence-corrected chi connectivity index (χ1v) is 9.27. The van der Waals surface area contributed by atoms with Gasteiger partial charge in [-0.05, 0) is 41.9 Å². The Labute approximate surface area is 162 Å². The standard InChI is InChI=1S/C15H21NO2S.C4H4O4/c1-16(6-8-17)7-10-18-9-4-13-2-3-15-14(12-13)5-11-19-15;5-3(6)1-2-4(7)8/h2-3,5,11-12,17H,4,6-10H2,1H3;1-2H,(H,5,6)(H,7,8). The highest BCUT2D eigenvalue weighted by atomic mass is 32.1. The molecule has 8 heteroatoms. The third-order valence-corrected chi connectivity index (χ3v) is 4.42. The number of carboxylic acids is 2. The summed E-state index contributed by atoms with van der Waals surface area (Å²) in [7, 11) is 1.99. The Balaban J connectivity index is 0.000000387. The second-order valence-electron chi connectivity index (χ2n) is 5.69. The van der Waals surface area contributed by atoms with Gasteiger partial charge < -0.3 is 25.0 Å². The molecule has 0 aliphatic heterocycles. The minimum Gasteiger partial charge on any atom is -0.478 e. The lowest BCUT2D eigenvalue weighted by atomic mass is 10.1. The van der Waals surface area contributed by atoms with Gasteiger partial charge in [0.15, 0.2) is 0 Å². The Morgan fingerprint density at radius 2 is 1.81 bits per heavy atom. The van der Waals surface area contributed by atoms with Gasteiger partial charge >= 0.3 is 11.9 Å². The van der Waals surface area contributed by atoms with E-state index in [1.165, 1.54) is 15.6 Å². The lowest BCUT2D eigenvalue weighted by Gasteiger charge is -2.14. The first-order chi connectivity index (χ1) is 12.9. The van der Waals surface area contributed by atoms with E-state index in [2.05, 4.69) is 34.5 Å². The van der Waals surface area contributed by atoms with Crippen LogP contribution in [-0.2, 0) is 20.7 Å². The zero-order valence-corrected chi connectivity index (χ0v) is 16.0. The fourth-order valence-corrected chi connectivity index (χ4v) is 2.88. The maximum Gasteiger partial charge on any atom is 0.328 e. The Kier molecular flexibility index (Phi) is 11.0. The van der Waals surface area contributed by atoms with Gasteiger partial charge in [-0.25, -0.2) is 9.59 Å². The molecule has 0 saturated heterocycles. The molecule has 0 bridgehead atoms. The Hall–Kier alpha value is -2.26. The smallest absolute Gasteiger partial charge is 0.328 e. The van der Waals surface area contributed by atoms with Crippen LogP contribution < -0.4 is 0 Å². The fourth-order valence-electron chi connectivity index (χ4n) is 2.11. The number of ether oxygens (including phenoxy) is 1. The van der Waals surface area contributed by atoms with E-state index >= 15 is 0 Å². The number of aliphatic hydroxyl groups is 1. The summed E-state index contributed by atoms with van der Waals surface area (Å²) in [6.45, 7) is 3.25. The summed E-state index contributed by atoms with van der Waals surface area (Å²) < 4.78 is 6.97. The van der Waals surface area contributed by atoms with Crippen molar-refractivity contribution in [3.8, 4) is 0 Å². The summed E-state index contributed by atoms with van der Waals surface area (Å²) in [5, 5.41) is 27.9. The maximum absolute atomic E-state index is 9.55. The third kappa shape index (κ3) is 10.5. The topological polar surface area (TPSA) is 107 Å². The van der Waals surface area contributed by atoms with Gasteiger partial charge in [0, 0.05) is 29.9 Å². The van der Waals surface area contributed by atoms with E-state index in [-0.39, 0.29) is 6.61 Å². The molecule has 148 valence electrons. The Bertz CT molecular complexity index is 727. The molecule has 0 amide bonds. The van der Waals surface area contributed by atoms with Crippen LogP contribution in [0.15, 0.2) is 41.8 Å². The van der Waals surface area contributed by atoms with Gasteiger partial charge in [-0.3, -0.25) is 0 Å². The van der Waals surface area contributed by atoms with Crippen molar-refractivity contribution in [2.75, 3.05) is 40.0 Å². The highest BCUT2D eigenvalue weighted by Gasteiger charge is 1.99. The molecule has 1 heterocycles. The first kappa shape index (κ1) is 22.8. The molecular weight excluding hydrogens is 370 g/mol. The number of aliphatic carboxylic acids is 2. The molecule has 27 heavy (non-hydrogen) atoms. The molecule has 1 aromatic carbocycles. The molecule has 7 nitrogen and oxygen atoms in total. The Morgan fingerprint density at radius 3 is 2.44 bits per heavy atom. The van der Waals surface area contributed by atoms with Gasteiger partial charge in [-0.15, -0.1) is 11.3 Å². The van der Waals surface area contributed by atoms with E-state index in [0.717, 1.165) is 26.2 Å². The molecule has 0 aliphatic carbocycles. The van der Waals surface area contributed by atoms with Crippen molar-refractivity contribution in [2.45, 2.75) is 6.42 Å². The van der Waals surface area contributed by atoms with Crippen LogP contribution in [-0.4, -0.2) is 72.1 Å². The number of hydrogen-bond acceptors (Lipinski definition) is 6. The molecule has 3 N–H and O–H groups in total. The van der Waals surface area contributed by atoms with Crippen LogP contribution >= 0.6 is 11.3 Å². The van der Waals surface area contributed by atoms with Gasteiger partial charge in [-0.2, -0.15) is 0 Å².